The van der Waals surface area contributed by atoms with Gasteiger partial charge in [0.2, 0.25) is 5.95 Å². The van der Waals surface area contributed by atoms with Gasteiger partial charge in [-0.25, -0.2) is 9.97 Å². The minimum absolute atomic E-state index is 0.0911. The third kappa shape index (κ3) is 4.31. The van der Waals surface area contributed by atoms with Crippen LogP contribution in [0.3, 0.4) is 0 Å². The van der Waals surface area contributed by atoms with E-state index >= 15 is 0 Å². The monoisotopic (exact) mass is 326 g/mol. The van der Waals surface area contributed by atoms with Gasteiger partial charge in [0.1, 0.15) is 5.69 Å². The van der Waals surface area contributed by atoms with Gasteiger partial charge in [-0.05, 0) is 43.0 Å². The van der Waals surface area contributed by atoms with Gasteiger partial charge < -0.3 is 10.2 Å². The van der Waals surface area contributed by atoms with E-state index in [0.29, 0.717) is 11.6 Å². The summed E-state index contributed by atoms with van der Waals surface area (Å²) in [5.41, 5.74) is 2.45. The lowest BCUT2D eigenvalue weighted by atomic mass is 9.87. The Morgan fingerprint density at radius 3 is 2.25 bits per heavy atom. The highest BCUT2D eigenvalue weighted by Crippen LogP contribution is 2.23. The SMILES string of the molecule is CCN(CC)c1nccc(C(=O)Nc2ccc(C(C)(C)C)cc2)n1. The zero-order valence-electron chi connectivity index (χ0n) is 15.1. The Labute approximate surface area is 144 Å². The highest BCUT2D eigenvalue weighted by atomic mass is 16.1. The molecule has 0 unspecified atom stereocenters. The Hall–Kier alpha value is -2.43. The summed E-state index contributed by atoms with van der Waals surface area (Å²) >= 11 is 0. The van der Waals surface area contributed by atoms with Crippen molar-refractivity contribution in [3.8, 4) is 0 Å². The predicted octanol–water partition coefficient (Wildman–Crippen LogP) is 3.87. The van der Waals surface area contributed by atoms with Crippen LogP contribution in [0.15, 0.2) is 36.5 Å². The lowest BCUT2D eigenvalue weighted by Gasteiger charge is -2.19. The zero-order chi connectivity index (χ0) is 17.7. The molecule has 5 heteroatoms. The second kappa shape index (κ2) is 7.43. The van der Waals surface area contributed by atoms with E-state index in [4.69, 9.17) is 0 Å². The highest BCUT2D eigenvalue weighted by molar-refractivity contribution is 6.02. The molecule has 5 nitrogen and oxygen atoms in total. The van der Waals surface area contributed by atoms with E-state index in [1.807, 2.05) is 43.0 Å². The third-order valence-corrected chi connectivity index (χ3v) is 3.93. The molecule has 0 saturated heterocycles. The largest absolute Gasteiger partial charge is 0.341 e. The Bertz CT molecular complexity index is 685. The standard InChI is InChI=1S/C19H26N4O/c1-6-23(7-2)18-20-13-12-16(22-18)17(24)21-15-10-8-14(9-11-15)19(3,4)5/h8-13H,6-7H2,1-5H3,(H,21,24). The van der Waals surface area contributed by atoms with E-state index in [2.05, 4.69) is 36.1 Å². The summed E-state index contributed by atoms with van der Waals surface area (Å²) in [7, 11) is 0. The van der Waals surface area contributed by atoms with Crippen LogP contribution in [-0.2, 0) is 5.41 Å². The van der Waals surface area contributed by atoms with Crippen LogP contribution in [-0.4, -0.2) is 29.0 Å². The maximum atomic E-state index is 12.4. The molecule has 1 aromatic heterocycles. The van der Waals surface area contributed by atoms with Gasteiger partial charge in [0.25, 0.3) is 5.91 Å². The molecule has 1 N–H and O–H groups in total. The molecule has 0 radical (unpaired) electrons. The minimum Gasteiger partial charge on any atom is -0.341 e. The molecule has 24 heavy (non-hydrogen) atoms. The molecule has 0 bridgehead atoms. The third-order valence-electron chi connectivity index (χ3n) is 3.93. The van der Waals surface area contributed by atoms with Crippen molar-refractivity contribution in [1.82, 2.24) is 9.97 Å². The number of aromatic nitrogens is 2. The fourth-order valence-corrected chi connectivity index (χ4v) is 2.38. The van der Waals surface area contributed by atoms with Gasteiger partial charge >= 0.3 is 0 Å². The summed E-state index contributed by atoms with van der Waals surface area (Å²) in [6, 6.07) is 9.55. The second-order valence-electron chi connectivity index (χ2n) is 6.70. The van der Waals surface area contributed by atoms with E-state index in [-0.39, 0.29) is 11.3 Å². The van der Waals surface area contributed by atoms with Gasteiger partial charge in [0.15, 0.2) is 0 Å². The normalized spacial score (nSPS) is 11.2. The molecule has 128 valence electrons. The lowest BCUT2D eigenvalue weighted by Crippen LogP contribution is -2.25. The van der Waals surface area contributed by atoms with E-state index in [1.165, 1.54) is 5.56 Å². The zero-order valence-corrected chi connectivity index (χ0v) is 15.1. The maximum absolute atomic E-state index is 12.4. The second-order valence-corrected chi connectivity index (χ2v) is 6.70. The fraction of sp³-hybridized carbons (Fsp3) is 0.421. The van der Waals surface area contributed by atoms with Crippen molar-refractivity contribution in [2.75, 3.05) is 23.3 Å². The molecule has 0 fully saturated rings. The lowest BCUT2D eigenvalue weighted by molar-refractivity contribution is 0.102. The molecule has 0 saturated carbocycles. The summed E-state index contributed by atoms with van der Waals surface area (Å²) in [4.78, 5) is 23.1. The van der Waals surface area contributed by atoms with Gasteiger partial charge in [-0.3, -0.25) is 4.79 Å². The summed E-state index contributed by atoms with van der Waals surface area (Å²) in [5.74, 6) is 0.352. The molecule has 0 aliphatic rings. The van der Waals surface area contributed by atoms with Crippen molar-refractivity contribution < 1.29 is 4.79 Å². The predicted molar refractivity (Wildman–Crippen MR) is 98.7 cm³/mol. The quantitative estimate of drug-likeness (QED) is 0.906. The molecule has 0 atom stereocenters. The van der Waals surface area contributed by atoms with Crippen LogP contribution in [0.2, 0.25) is 0 Å². The summed E-state index contributed by atoms with van der Waals surface area (Å²) < 4.78 is 0. The van der Waals surface area contributed by atoms with Crippen molar-refractivity contribution in [2.45, 2.75) is 40.0 Å². The smallest absolute Gasteiger partial charge is 0.274 e. The average Bonchev–Trinajstić information content (AvgIpc) is 2.56. The van der Waals surface area contributed by atoms with E-state index in [1.54, 1.807) is 12.3 Å². The average molecular weight is 326 g/mol. The van der Waals surface area contributed by atoms with Crippen LogP contribution >= 0.6 is 0 Å². The number of hydrogen-bond donors (Lipinski definition) is 1. The number of nitrogens with zero attached hydrogens (tertiary/aromatic N) is 3. The van der Waals surface area contributed by atoms with Crippen molar-refractivity contribution in [3.05, 3.63) is 47.8 Å². The Morgan fingerprint density at radius 1 is 1.08 bits per heavy atom. The van der Waals surface area contributed by atoms with Crippen LogP contribution < -0.4 is 10.2 Å². The van der Waals surface area contributed by atoms with Crippen molar-refractivity contribution in [1.29, 1.82) is 0 Å². The van der Waals surface area contributed by atoms with Crippen molar-refractivity contribution in [3.63, 3.8) is 0 Å². The Morgan fingerprint density at radius 2 is 1.71 bits per heavy atom. The number of rotatable bonds is 5. The number of carbonyl (C=O) groups is 1. The Kier molecular flexibility index (Phi) is 5.54. The highest BCUT2D eigenvalue weighted by Gasteiger charge is 2.14. The topological polar surface area (TPSA) is 58.1 Å². The molecular weight excluding hydrogens is 300 g/mol. The number of benzene rings is 1. The molecule has 0 aliphatic heterocycles. The number of carbonyl (C=O) groups excluding carboxylic acids is 1. The van der Waals surface area contributed by atoms with Gasteiger partial charge in [0.05, 0.1) is 0 Å². The van der Waals surface area contributed by atoms with Crippen LogP contribution in [0.4, 0.5) is 11.6 Å². The minimum atomic E-state index is -0.227. The van der Waals surface area contributed by atoms with Crippen LogP contribution in [0.5, 0.6) is 0 Å². The maximum Gasteiger partial charge on any atom is 0.274 e. The molecule has 2 aromatic rings. The molecular formula is C19H26N4O. The van der Waals surface area contributed by atoms with Crippen molar-refractivity contribution >= 4 is 17.5 Å². The van der Waals surface area contributed by atoms with E-state index in [9.17, 15) is 4.79 Å². The van der Waals surface area contributed by atoms with Crippen LogP contribution in [0, 0.1) is 0 Å². The summed E-state index contributed by atoms with van der Waals surface area (Å²) in [5, 5.41) is 2.89. The molecule has 1 heterocycles. The molecule has 0 aliphatic carbocycles. The van der Waals surface area contributed by atoms with Crippen LogP contribution in [0.1, 0.15) is 50.7 Å². The number of hydrogen-bond acceptors (Lipinski definition) is 4. The van der Waals surface area contributed by atoms with Crippen LogP contribution in [0.25, 0.3) is 0 Å². The first-order chi connectivity index (χ1) is 11.3. The van der Waals surface area contributed by atoms with E-state index < -0.39 is 0 Å². The number of nitrogens with one attached hydrogen (secondary N) is 1. The van der Waals surface area contributed by atoms with Gasteiger partial charge in [-0.2, -0.15) is 0 Å². The summed E-state index contributed by atoms with van der Waals surface area (Å²) in [6.45, 7) is 12.2. The van der Waals surface area contributed by atoms with Gasteiger partial charge in [-0.1, -0.05) is 32.9 Å². The number of anilines is 2. The Balaban J connectivity index is 2.14. The molecule has 1 aromatic carbocycles. The fourth-order valence-electron chi connectivity index (χ4n) is 2.38. The molecule has 2 rings (SSSR count). The molecule has 0 spiro atoms. The molecule has 1 amide bonds. The van der Waals surface area contributed by atoms with Gasteiger partial charge in [0, 0.05) is 25.0 Å². The van der Waals surface area contributed by atoms with Gasteiger partial charge in [-0.15, -0.1) is 0 Å². The first-order valence-corrected chi connectivity index (χ1v) is 8.35. The van der Waals surface area contributed by atoms with E-state index in [0.717, 1.165) is 18.8 Å². The first-order valence-electron chi connectivity index (χ1n) is 8.35. The first kappa shape index (κ1) is 17.9. The summed E-state index contributed by atoms with van der Waals surface area (Å²) in [6.07, 6.45) is 1.62. The van der Waals surface area contributed by atoms with Crippen molar-refractivity contribution in [2.24, 2.45) is 0 Å². The number of amides is 1.